The molecule has 6 aliphatic rings. The average Bonchev–Trinajstić information content (AvgIpc) is 4.25. The lowest BCUT2D eigenvalue weighted by Crippen LogP contribution is -2.27. The van der Waals surface area contributed by atoms with E-state index < -0.39 is 0 Å². The largest absolute Gasteiger partial charge is 0.486 e. The van der Waals surface area contributed by atoms with Gasteiger partial charge in [-0.2, -0.15) is 0 Å². The van der Waals surface area contributed by atoms with Gasteiger partial charge in [0, 0.05) is 16.2 Å². The third kappa shape index (κ3) is 9.15. The Morgan fingerprint density at radius 2 is 0.420 bits per heavy atom. The van der Waals surface area contributed by atoms with Crippen LogP contribution in [0.5, 0.6) is 11.5 Å². The normalized spacial score (nSPS) is 21.7. The zero-order chi connectivity index (χ0) is 59.3. The van der Waals surface area contributed by atoms with Crippen molar-refractivity contribution < 1.29 is 9.47 Å². The summed E-state index contributed by atoms with van der Waals surface area (Å²) in [5.41, 5.74) is 34.3. The molecule has 0 fully saturated rings. The summed E-state index contributed by atoms with van der Waals surface area (Å²) in [5.74, 6) is 1.59. The smallest absolute Gasteiger partial charge is 0.161 e. The second-order valence-electron chi connectivity index (χ2n) is 31.1. The van der Waals surface area contributed by atoms with E-state index in [9.17, 15) is 0 Å². The lowest BCUT2D eigenvalue weighted by molar-refractivity contribution is 0.307. The van der Waals surface area contributed by atoms with Crippen LogP contribution < -0.4 is 9.47 Å². The molecule has 6 aromatic carbocycles. The van der Waals surface area contributed by atoms with Crippen molar-refractivity contribution in [2.45, 2.75) is 240 Å². The summed E-state index contributed by atoms with van der Waals surface area (Å²) in [6.07, 6.45) is 10.7. The quantitative estimate of drug-likeness (QED) is 0.155. The molecule has 6 aromatic rings. The minimum atomic E-state index is -0.000613. The summed E-state index contributed by atoms with van der Waals surface area (Å²) in [7, 11) is 0. The molecule has 1 unspecified atom stereocenters. The molecule has 2 nitrogen and oxygen atoms in total. The van der Waals surface area contributed by atoms with E-state index in [2.05, 4.69) is 238 Å². The second-order valence-corrected chi connectivity index (χ2v) is 31.1. The minimum Gasteiger partial charge on any atom is -0.486 e. The number of aryl methyl sites for hydroxylation is 10. The molecule has 3 spiro atoms. The van der Waals surface area contributed by atoms with Crippen LogP contribution in [-0.2, 0) is 48.7 Å². The molecule has 0 radical (unpaired) electrons. The van der Waals surface area contributed by atoms with Gasteiger partial charge >= 0.3 is 0 Å². The summed E-state index contributed by atoms with van der Waals surface area (Å²) in [6, 6.07) is 29.3. The first-order valence-corrected chi connectivity index (χ1v) is 30.8. The molecule has 81 heavy (non-hydrogen) atoms. The molecule has 0 heterocycles. The first kappa shape index (κ1) is 58.6. The Morgan fingerprint density at radius 3 is 0.605 bits per heavy atom. The number of ether oxygens (including phenoxy) is 2. The van der Waals surface area contributed by atoms with Crippen LogP contribution in [0.2, 0.25) is 0 Å². The molecule has 12 rings (SSSR count). The van der Waals surface area contributed by atoms with Crippen molar-refractivity contribution in [3.63, 3.8) is 0 Å². The van der Waals surface area contributed by atoms with Crippen LogP contribution >= 0.6 is 0 Å². The molecule has 0 N–H and O–H groups in total. The fourth-order valence-corrected chi connectivity index (χ4v) is 17.8. The van der Waals surface area contributed by atoms with Gasteiger partial charge in [0.25, 0.3) is 0 Å². The minimum absolute atomic E-state index is 0.000613. The highest BCUT2D eigenvalue weighted by Crippen LogP contribution is 2.67. The molecule has 0 aromatic heterocycles. The SMILES string of the molecule is C=CCOc1cc2c(cc1OCC=C)C1(CC(C)(C)c3cc(C)c(C)cc31)CC2(C)C.Cc1cc2c(cc1C)C1(CC2(C)C)CC(C)(C)c2cc(C)c(C)cc21.Cc1cc2c(cc1C)C1(CC2(C)C)CC(C)(C)c2cc(C)c(C)cc21. The fourth-order valence-electron chi connectivity index (χ4n) is 17.8. The molecule has 0 saturated carbocycles. The molecule has 1 atom stereocenters. The van der Waals surface area contributed by atoms with E-state index in [1.807, 2.05) is 0 Å². The molecule has 0 bridgehead atoms. The molecule has 6 aliphatic carbocycles. The Hall–Kier alpha value is -5.60. The maximum absolute atomic E-state index is 6.08. The zero-order valence-corrected chi connectivity index (χ0v) is 54.5. The van der Waals surface area contributed by atoms with Crippen LogP contribution in [0, 0.1) is 69.2 Å². The van der Waals surface area contributed by atoms with E-state index in [1.54, 1.807) is 56.7 Å². The van der Waals surface area contributed by atoms with Crippen molar-refractivity contribution in [2.24, 2.45) is 0 Å². The van der Waals surface area contributed by atoms with Crippen LogP contribution in [0.15, 0.2) is 98.1 Å². The summed E-state index contributed by atoms with van der Waals surface area (Å²) in [5, 5.41) is 0. The van der Waals surface area contributed by atoms with Gasteiger partial charge in [0.05, 0.1) is 0 Å². The van der Waals surface area contributed by atoms with Crippen LogP contribution in [-0.4, -0.2) is 13.2 Å². The second kappa shape index (κ2) is 19.2. The molecular weight excluding hydrogens is 981 g/mol. The Morgan fingerprint density at radius 1 is 0.272 bits per heavy atom. The van der Waals surface area contributed by atoms with Gasteiger partial charge in [-0.1, -0.05) is 169 Å². The van der Waals surface area contributed by atoms with E-state index in [-0.39, 0.29) is 48.7 Å². The van der Waals surface area contributed by atoms with Crippen LogP contribution in [0.1, 0.15) is 244 Å². The standard InChI is InChI=1S/C29H36O2.2C25H32/c1-9-11-30-25-15-22-24(16-26(25)31-12-10-2)29(18-28(22,7)8)17-27(5,6)21-13-19(3)20(4)14-23(21)29;2*1-15-9-19-21(11-17(15)3)25(13-23(19,5)6)14-24(7,8)20-10-16(2)18(4)12-22(20)25/h9-10,13-16H,1-2,11-12,17-18H2,3-8H3;2*9-12H,13-14H2,1-8H3. The van der Waals surface area contributed by atoms with Gasteiger partial charge in [0.2, 0.25) is 0 Å². The lowest BCUT2D eigenvalue weighted by atomic mass is 9.72. The van der Waals surface area contributed by atoms with Gasteiger partial charge in [0.15, 0.2) is 11.5 Å². The topological polar surface area (TPSA) is 18.5 Å². The molecule has 428 valence electrons. The Balaban J connectivity index is 0.000000137. The van der Waals surface area contributed by atoms with Crippen molar-refractivity contribution in [1.29, 1.82) is 0 Å². The number of benzene rings is 6. The predicted octanol–water partition coefficient (Wildman–Crippen LogP) is 20.2. The zero-order valence-electron chi connectivity index (χ0n) is 54.5. The number of fused-ring (bicyclic) bond motifs is 12. The molecular formula is C79H100O2. The van der Waals surface area contributed by atoms with Gasteiger partial charge < -0.3 is 9.47 Å². The van der Waals surface area contributed by atoms with Crippen molar-refractivity contribution in [3.8, 4) is 11.5 Å². The Kier molecular flexibility index (Phi) is 13.9. The maximum Gasteiger partial charge on any atom is 0.161 e. The monoisotopic (exact) mass is 1080 g/mol. The summed E-state index contributed by atoms with van der Waals surface area (Å²) >= 11 is 0. The van der Waals surface area contributed by atoms with Crippen molar-refractivity contribution in [2.75, 3.05) is 13.2 Å². The number of hydrogen-bond donors (Lipinski definition) is 0. The molecule has 0 aliphatic heterocycles. The van der Waals surface area contributed by atoms with E-state index in [0.717, 1.165) is 24.3 Å². The van der Waals surface area contributed by atoms with E-state index >= 15 is 0 Å². The molecule has 2 heteroatoms. The maximum atomic E-state index is 6.08. The van der Waals surface area contributed by atoms with Gasteiger partial charge in [-0.25, -0.2) is 0 Å². The van der Waals surface area contributed by atoms with Crippen LogP contribution in [0.25, 0.3) is 0 Å². The summed E-state index contributed by atoms with van der Waals surface area (Å²) < 4.78 is 12.1. The third-order valence-corrected chi connectivity index (χ3v) is 21.9. The number of hydrogen-bond acceptors (Lipinski definition) is 2. The Bertz CT molecular complexity index is 3290. The Labute approximate surface area is 491 Å². The highest BCUT2D eigenvalue weighted by atomic mass is 16.5. The third-order valence-electron chi connectivity index (χ3n) is 21.9. The highest BCUT2D eigenvalue weighted by molar-refractivity contribution is 5.66. The van der Waals surface area contributed by atoms with Gasteiger partial charge in [0.1, 0.15) is 13.2 Å². The first-order chi connectivity index (χ1) is 37.5. The number of rotatable bonds is 6. The average molecular weight is 1080 g/mol. The van der Waals surface area contributed by atoms with Crippen molar-refractivity contribution in [1.82, 2.24) is 0 Å². The first-order valence-electron chi connectivity index (χ1n) is 30.8. The van der Waals surface area contributed by atoms with Crippen LogP contribution in [0.4, 0.5) is 0 Å². The van der Waals surface area contributed by atoms with Gasteiger partial charge in [-0.3, -0.25) is 0 Å². The summed E-state index contributed by atoms with van der Waals surface area (Å²) in [4.78, 5) is 0. The van der Waals surface area contributed by atoms with Gasteiger partial charge in [-0.15, -0.1) is 0 Å². The van der Waals surface area contributed by atoms with E-state index in [4.69, 9.17) is 9.47 Å². The summed E-state index contributed by atoms with van der Waals surface area (Å²) in [6.45, 7) is 60.2. The van der Waals surface area contributed by atoms with Crippen LogP contribution in [0.3, 0.4) is 0 Å². The van der Waals surface area contributed by atoms with Crippen molar-refractivity contribution >= 4 is 0 Å². The van der Waals surface area contributed by atoms with Crippen molar-refractivity contribution in [3.05, 3.63) is 221 Å². The molecule has 0 amide bonds. The highest BCUT2D eigenvalue weighted by Gasteiger charge is 2.59. The predicted molar refractivity (Wildman–Crippen MR) is 346 cm³/mol. The van der Waals surface area contributed by atoms with E-state index in [0.29, 0.717) is 13.2 Å². The van der Waals surface area contributed by atoms with Gasteiger partial charge in [-0.05, 0) is 275 Å². The fraction of sp³-hybridized carbons (Fsp3) is 0.494. The van der Waals surface area contributed by atoms with E-state index in [1.165, 1.54) is 104 Å². The molecule has 0 saturated heterocycles. The lowest BCUT2D eigenvalue weighted by Gasteiger charge is -2.31.